The molecule has 3 aromatic rings. The maximum Gasteiger partial charge on any atom is 0.257 e. The summed E-state index contributed by atoms with van der Waals surface area (Å²) in [6, 6.07) is 22.6. The van der Waals surface area contributed by atoms with Crippen molar-refractivity contribution in [2.75, 3.05) is 38.2 Å². The molecule has 288 valence electrons. The Labute approximate surface area is 326 Å². The maximum atomic E-state index is 12.5. The van der Waals surface area contributed by atoms with Crippen molar-refractivity contribution in [2.45, 2.75) is 83.6 Å². The predicted molar refractivity (Wildman–Crippen MR) is 220 cm³/mol. The normalized spacial score (nSPS) is 17.1. The van der Waals surface area contributed by atoms with Gasteiger partial charge in [-0.3, -0.25) is 14.4 Å². The van der Waals surface area contributed by atoms with Gasteiger partial charge in [0.25, 0.3) is 11.8 Å². The zero-order valence-corrected chi connectivity index (χ0v) is 33.0. The summed E-state index contributed by atoms with van der Waals surface area (Å²) in [6.07, 6.45) is 15.8. The van der Waals surface area contributed by atoms with Gasteiger partial charge < -0.3 is 25.6 Å². The molecule has 0 saturated heterocycles. The monoisotopic (exact) mass is 742 g/mol. The van der Waals surface area contributed by atoms with Crippen molar-refractivity contribution >= 4 is 34.8 Å². The summed E-state index contributed by atoms with van der Waals surface area (Å²) in [5.74, 6) is 0.288. The van der Waals surface area contributed by atoms with Gasteiger partial charge >= 0.3 is 0 Å². The third-order valence-electron chi connectivity index (χ3n) is 11.2. The van der Waals surface area contributed by atoms with Crippen LogP contribution in [-0.2, 0) is 27.0 Å². The van der Waals surface area contributed by atoms with E-state index < -0.39 is 0 Å². The lowest BCUT2D eigenvalue weighted by atomic mass is 9.81. The number of unbranched alkanes of at least 4 members (excludes halogenated alkanes) is 3. The Morgan fingerprint density at radius 2 is 1.55 bits per heavy atom. The van der Waals surface area contributed by atoms with Crippen molar-refractivity contribution in [3.8, 4) is 5.75 Å². The minimum Gasteiger partial charge on any atom is -0.483 e. The smallest absolute Gasteiger partial charge is 0.257 e. The average molecular weight is 743 g/mol. The second-order valence-corrected chi connectivity index (χ2v) is 15.6. The molecule has 0 bridgehead atoms. The number of para-hydroxylation sites is 2. The van der Waals surface area contributed by atoms with E-state index in [1.807, 2.05) is 0 Å². The summed E-state index contributed by atoms with van der Waals surface area (Å²) in [4.78, 5) is 39.1. The number of carbonyl (C=O) groups is 3. The van der Waals surface area contributed by atoms with Gasteiger partial charge in [0, 0.05) is 78.2 Å². The lowest BCUT2D eigenvalue weighted by Gasteiger charge is -2.27. The quantitative estimate of drug-likeness (QED) is 0.0762. The number of carbonyl (C=O) groups excluding carboxylic acids is 3. The molecule has 0 unspecified atom stereocenters. The Morgan fingerprint density at radius 3 is 2.33 bits per heavy atom. The number of nitrogens with zero attached hydrogens (tertiary/aromatic N) is 2. The molecule has 3 aliphatic rings. The maximum absolute atomic E-state index is 12.5. The van der Waals surface area contributed by atoms with E-state index in [0.717, 1.165) is 44.2 Å². The molecule has 0 atom stereocenters. The van der Waals surface area contributed by atoms with Gasteiger partial charge in [-0.15, -0.1) is 0 Å². The lowest BCUT2D eigenvalue weighted by Crippen LogP contribution is -2.30. The molecular weight excluding hydrogens is 687 g/mol. The SMILES string of the molecule is C[N+]1=C(/C=C/C=C/C=C2\N(CCCCCC(=O)NCCCCNC(=O)COc3cccc4c3CNC4=O)c3ccccc3C2(C)C)C(C)(C)c2ccccc21. The topological polar surface area (TPSA) is 103 Å². The zero-order valence-electron chi connectivity index (χ0n) is 33.0. The zero-order chi connectivity index (χ0) is 39.0. The molecule has 0 aromatic heterocycles. The standard InChI is InChI=1S/C46H55N5O4/c1-45(2)35-20-11-13-22-37(35)50(5)40(45)25-8-6-9-26-41-46(3,4)36-21-12-14-23-38(36)51(41)30-17-7-10-27-42(52)47-28-15-16-29-48-43(53)32-55-39-24-18-19-33-34(39)31-49-44(33)54/h6,8-9,11-14,18-26H,7,10,15-17,27-32H2,1-5H3,(H2-,47,48,49,52,53,54)/p+1. The highest BCUT2D eigenvalue weighted by Gasteiger charge is 2.42. The third kappa shape index (κ3) is 8.77. The minimum absolute atomic E-state index is 0.0496. The van der Waals surface area contributed by atoms with Gasteiger partial charge in [-0.25, -0.2) is 0 Å². The van der Waals surface area contributed by atoms with Crippen LogP contribution in [0.25, 0.3) is 0 Å². The average Bonchev–Trinajstić information content (AvgIpc) is 3.73. The van der Waals surface area contributed by atoms with Crippen molar-refractivity contribution in [1.82, 2.24) is 16.0 Å². The van der Waals surface area contributed by atoms with Crippen LogP contribution in [0.1, 0.15) is 93.3 Å². The molecule has 6 rings (SSSR count). The molecule has 3 N–H and O–H groups in total. The highest BCUT2D eigenvalue weighted by atomic mass is 16.5. The molecule has 3 amide bonds. The van der Waals surface area contributed by atoms with Crippen molar-refractivity contribution in [3.05, 3.63) is 125 Å². The van der Waals surface area contributed by atoms with Crippen LogP contribution in [0.2, 0.25) is 0 Å². The summed E-state index contributed by atoms with van der Waals surface area (Å²) in [5.41, 5.74) is 9.01. The molecule has 0 spiro atoms. The summed E-state index contributed by atoms with van der Waals surface area (Å²) < 4.78 is 7.96. The van der Waals surface area contributed by atoms with E-state index in [4.69, 9.17) is 4.74 Å². The number of nitrogens with one attached hydrogen (secondary N) is 3. The first-order valence-corrected chi connectivity index (χ1v) is 19.7. The molecule has 3 heterocycles. The highest BCUT2D eigenvalue weighted by molar-refractivity contribution is 6.03. The largest absolute Gasteiger partial charge is 0.483 e. The van der Waals surface area contributed by atoms with Gasteiger partial charge in [-0.05, 0) is 69.4 Å². The van der Waals surface area contributed by atoms with Crippen LogP contribution in [0.3, 0.4) is 0 Å². The number of anilines is 1. The van der Waals surface area contributed by atoms with Crippen LogP contribution < -0.4 is 25.6 Å². The Morgan fingerprint density at radius 1 is 0.818 bits per heavy atom. The van der Waals surface area contributed by atoms with Crippen molar-refractivity contribution in [1.29, 1.82) is 0 Å². The Balaban J connectivity index is 0.898. The van der Waals surface area contributed by atoms with Crippen LogP contribution in [-0.4, -0.2) is 61.3 Å². The van der Waals surface area contributed by atoms with Crippen LogP contribution in [0.15, 0.2) is 103 Å². The number of allylic oxidation sites excluding steroid dienone is 6. The van der Waals surface area contributed by atoms with Gasteiger partial charge in [0.2, 0.25) is 11.6 Å². The van der Waals surface area contributed by atoms with Crippen molar-refractivity contribution in [2.24, 2.45) is 0 Å². The molecular formula is C46H56N5O4+. The first-order valence-electron chi connectivity index (χ1n) is 19.7. The van der Waals surface area contributed by atoms with Gasteiger partial charge in [0.1, 0.15) is 12.8 Å². The van der Waals surface area contributed by atoms with Crippen LogP contribution >= 0.6 is 0 Å². The van der Waals surface area contributed by atoms with Gasteiger partial charge in [0.15, 0.2) is 12.3 Å². The number of hydrogen-bond acceptors (Lipinski definition) is 5. The number of hydrogen-bond donors (Lipinski definition) is 3. The number of amides is 3. The van der Waals surface area contributed by atoms with Crippen LogP contribution in [0.4, 0.5) is 11.4 Å². The van der Waals surface area contributed by atoms with Crippen molar-refractivity contribution < 1.29 is 23.7 Å². The van der Waals surface area contributed by atoms with Crippen molar-refractivity contribution in [3.63, 3.8) is 0 Å². The molecule has 9 nitrogen and oxygen atoms in total. The number of rotatable bonds is 17. The molecule has 0 fully saturated rings. The van der Waals surface area contributed by atoms with Gasteiger partial charge in [0.05, 0.1) is 5.41 Å². The molecule has 3 aliphatic heterocycles. The van der Waals surface area contributed by atoms with E-state index in [9.17, 15) is 14.4 Å². The second kappa shape index (κ2) is 17.4. The molecule has 55 heavy (non-hydrogen) atoms. The van der Waals surface area contributed by atoms with Crippen LogP contribution in [0, 0.1) is 0 Å². The lowest BCUT2D eigenvalue weighted by molar-refractivity contribution is -0.401. The first-order chi connectivity index (χ1) is 26.5. The first kappa shape index (κ1) is 39.3. The fraction of sp³-hybridized carbons (Fsp3) is 0.391. The van der Waals surface area contributed by atoms with E-state index in [1.165, 1.54) is 33.9 Å². The summed E-state index contributed by atoms with van der Waals surface area (Å²) in [7, 11) is 2.15. The molecule has 3 aromatic carbocycles. The van der Waals surface area contributed by atoms with E-state index in [0.29, 0.717) is 37.4 Å². The molecule has 0 radical (unpaired) electrons. The molecule has 0 aliphatic carbocycles. The van der Waals surface area contributed by atoms with Gasteiger partial charge in [-0.2, -0.15) is 4.58 Å². The summed E-state index contributed by atoms with van der Waals surface area (Å²) in [5, 5.41) is 8.65. The second-order valence-electron chi connectivity index (χ2n) is 15.6. The Kier molecular flexibility index (Phi) is 12.4. The van der Waals surface area contributed by atoms with Crippen LogP contribution in [0.5, 0.6) is 5.75 Å². The predicted octanol–water partition coefficient (Wildman–Crippen LogP) is 7.38. The minimum atomic E-state index is -0.214. The van der Waals surface area contributed by atoms with E-state index in [-0.39, 0.29) is 35.2 Å². The summed E-state index contributed by atoms with van der Waals surface area (Å²) >= 11 is 0. The Bertz CT molecular complexity index is 2040. The number of fused-ring (bicyclic) bond motifs is 3. The van der Waals surface area contributed by atoms with E-state index >= 15 is 0 Å². The Hall–Kier alpha value is -5.44. The van der Waals surface area contributed by atoms with E-state index in [2.05, 4.69) is 139 Å². The molecule has 9 heteroatoms. The number of benzene rings is 3. The highest BCUT2D eigenvalue weighted by Crippen LogP contribution is 2.47. The van der Waals surface area contributed by atoms with Gasteiger partial charge in [-0.1, -0.05) is 81.0 Å². The van der Waals surface area contributed by atoms with E-state index in [1.54, 1.807) is 18.2 Å². The fourth-order valence-corrected chi connectivity index (χ4v) is 8.12. The molecule has 0 saturated carbocycles. The fourth-order valence-electron chi connectivity index (χ4n) is 8.12. The number of ether oxygens (including phenoxy) is 1. The summed E-state index contributed by atoms with van der Waals surface area (Å²) in [6.45, 7) is 11.5. The third-order valence-corrected chi connectivity index (χ3v) is 11.2.